The summed E-state index contributed by atoms with van der Waals surface area (Å²) in [4.78, 5) is 15.3. The number of pyridine rings is 1. The average Bonchev–Trinajstić information content (AvgIpc) is 2.74. The number of imidazole rings is 1. The van der Waals surface area contributed by atoms with Crippen molar-refractivity contribution >= 4 is 35.0 Å². The summed E-state index contributed by atoms with van der Waals surface area (Å²) in [6, 6.07) is 1.10. The predicted molar refractivity (Wildman–Crippen MR) is 72.8 cm³/mol. The Labute approximate surface area is 126 Å². The predicted octanol–water partition coefficient (Wildman–Crippen LogP) is 3.96. The van der Waals surface area contributed by atoms with Crippen LogP contribution in [0.15, 0.2) is 23.4 Å². The smallest absolute Gasteiger partial charge is 0.433 e. The molecule has 2 aromatic rings. The molecule has 0 atom stereocenters. The van der Waals surface area contributed by atoms with Crippen LogP contribution in [0.1, 0.15) is 19.5 Å². The van der Waals surface area contributed by atoms with E-state index >= 15 is 0 Å². The van der Waals surface area contributed by atoms with Crippen LogP contribution >= 0.6 is 23.4 Å². The summed E-state index contributed by atoms with van der Waals surface area (Å²) in [5.41, 5.74) is -1.01. The zero-order chi connectivity index (χ0) is 16.0. The lowest BCUT2D eigenvalue weighted by Crippen LogP contribution is -2.27. The number of rotatable bonds is 3. The first kappa shape index (κ1) is 16.0. The van der Waals surface area contributed by atoms with Gasteiger partial charge in [-0.2, -0.15) is 13.2 Å². The zero-order valence-electron chi connectivity index (χ0n) is 10.9. The second-order valence-electron chi connectivity index (χ2n) is 4.74. The van der Waals surface area contributed by atoms with Gasteiger partial charge >= 0.3 is 12.1 Å². The summed E-state index contributed by atoms with van der Waals surface area (Å²) < 4.78 is 38.7. The van der Waals surface area contributed by atoms with Crippen LogP contribution in [-0.2, 0) is 11.0 Å². The second kappa shape index (κ2) is 5.10. The van der Waals surface area contributed by atoms with Gasteiger partial charge in [0.2, 0.25) is 0 Å². The monoisotopic (exact) mass is 338 g/mol. The molecule has 0 unspecified atom stereocenters. The molecule has 0 saturated heterocycles. The Morgan fingerprint density at radius 1 is 1.43 bits per heavy atom. The highest BCUT2D eigenvalue weighted by Gasteiger charge is 2.38. The van der Waals surface area contributed by atoms with Crippen LogP contribution in [0.25, 0.3) is 5.65 Å². The number of hydrogen-bond donors (Lipinski definition) is 1. The molecule has 0 saturated carbocycles. The fraction of sp³-hybridized carbons (Fsp3) is 0.333. The van der Waals surface area contributed by atoms with Crippen molar-refractivity contribution in [3.63, 3.8) is 0 Å². The van der Waals surface area contributed by atoms with Crippen molar-refractivity contribution in [3.8, 4) is 0 Å². The molecule has 0 spiro atoms. The van der Waals surface area contributed by atoms with Crippen LogP contribution in [-0.4, -0.2) is 25.2 Å². The standard InChI is InChI=1S/C12H10ClF3N2O2S/c1-11(2,10(19)20)21-7-5-6(13)8(12(14,15)16)18-4-3-17-9(7)18/h3-5H,1-2H3,(H,19,20). The molecule has 2 rings (SSSR count). The van der Waals surface area contributed by atoms with E-state index in [-0.39, 0.29) is 10.5 Å². The van der Waals surface area contributed by atoms with E-state index < -0.39 is 27.6 Å². The zero-order valence-corrected chi connectivity index (χ0v) is 12.5. The fourth-order valence-electron chi connectivity index (χ4n) is 1.69. The Balaban J connectivity index is 2.64. The molecule has 0 bridgehead atoms. The van der Waals surface area contributed by atoms with E-state index in [1.54, 1.807) is 0 Å². The lowest BCUT2D eigenvalue weighted by atomic mass is 10.2. The first-order chi connectivity index (χ1) is 9.54. The minimum atomic E-state index is -4.64. The SMILES string of the molecule is CC(C)(Sc1cc(Cl)c(C(F)(F)F)n2ccnc12)C(=O)O. The summed E-state index contributed by atoms with van der Waals surface area (Å²) in [6.45, 7) is 2.90. The normalized spacial score (nSPS) is 12.9. The summed E-state index contributed by atoms with van der Waals surface area (Å²) in [5, 5.41) is 8.61. The number of thioether (sulfide) groups is 1. The maximum atomic E-state index is 13.0. The summed E-state index contributed by atoms with van der Waals surface area (Å²) in [6.07, 6.45) is -2.29. The second-order valence-corrected chi connectivity index (χ2v) is 6.81. The molecule has 2 aromatic heterocycles. The molecule has 4 nitrogen and oxygen atoms in total. The third kappa shape index (κ3) is 2.96. The van der Waals surface area contributed by atoms with E-state index in [1.165, 1.54) is 20.0 Å². The molecule has 0 fully saturated rings. The van der Waals surface area contributed by atoms with Crippen molar-refractivity contribution < 1.29 is 23.1 Å². The quantitative estimate of drug-likeness (QED) is 0.861. The molecule has 2 heterocycles. The topological polar surface area (TPSA) is 54.6 Å². The van der Waals surface area contributed by atoms with Crippen LogP contribution in [0.3, 0.4) is 0 Å². The van der Waals surface area contributed by atoms with Crippen LogP contribution in [0.4, 0.5) is 13.2 Å². The molecule has 0 aliphatic carbocycles. The number of nitrogens with zero attached hydrogens (tertiary/aromatic N) is 2. The Kier molecular flexibility index (Phi) is 3.88. The van der Waals surface area contributed by atoms with Crippen molar-refractivity contribution in [2.45, 2.75) is 29.7 Å². The van der Waals surface area contributed by atoms with E-state index in [4.69, 9.17) is 16.7 Å². The Bertz CT molecular complexity index is 712. The third-order valence-corrected chi connectivity index (χ3v) is 4.23. The number of aromatic nitrogens is 2. The van der Waals surface area contributed by atoms with E-state index in [0.29, 0.717) is 0 Å². The minimum absolute atomic E-state index is 0.0195. The highest BCUT2D eigenvalue weighted by molar-refractivity contribution is 8.01. The molecule has 0 aliphatic heterocycles. The molecule has 9 heteroatoms. The van der Waals surface area contributed by atoms with E-state index in [0.717, 1.165) is 28.4 Å². The van der Waals surface area contributed by atoms with Crippen molar-refractivity contribution in [1.82, 2.24) is 9.38 Å². The molecule has 0 radical (unpaired) electrons. The van der Waals surface area contributed by atoms with E-state index in [2.05, 4.69) is 4.98 Å². The van der Waals surface area contributed by atoms with Gasteiger partial charge in [-0.3, -0.25) is 9.20 Å². The van der Waals surface area contributed by atoms with Crippen LogP contribution < -0.4 is 0 Å². The van der Waals surface area contributed by atoms with Crippen LogP contribution in [0.2, 0.25) is 5.02 Å². The molecule has 0 aliphatic rings. The van der Waals surface area contributed by atoms with E-state index in [1.807, 2.05) is 0 Å². The minimum Gasteiger partial charge on any atom is -0.480 e. The van der Waals surface area contributed by atoms with Gasteiger partial charge < -0.3 is 5.11 Å². The van der Waals surface area contributed by atoms with Gasteiger partial charge in [-0.15, -0.1) is 11.8 Å². The van der Waals surface area contributed by atoms with Crippen LogP contribution in [0.5, 0.6) is 0 Å². The van der Waals surface area contributed by atoms with Crippen molar-refractivity contribution in [3.05, 3.63) is 29.2 Å². The number of carboxylic acids is 1. The first-order valence-corrected chi connectivity index (χ1v) is 6.88. The van der Waals surface area contributed by atoms with Gasteiger partial charge in [-0.1, -0.05) is 11.6 Å². The maximum Gasteiger partial charge on any atom is 0.433 e. The van der Waals surface area contributed by atoms with Gasteiger partial charge in [0.05, 0.1) is 9.92 Å². The average molecular weight is 339 g/mol. The number of aliphatic carboxylic acids is 1. The number of alkyl halides is 3. The lowest BCUT2D eigenvalue weighted by Gasteiger charge is -2.20. The summed E-state index contributed by atoms with van der Waals surface area (Å²) in [5.74, 6) is -1.09. The molecule has 0 amide bonds. The highest BCUT2D eigenvalue weighted by Crippen LogP contribution is 2.41. The third-order valence-electron chi connectivity index (χ3n) is 2.73. The van der Waals surface area contributed by atoms with Crippen molar-refractivity contribution in [2.75, 3.05) is 0 Å². The number of halogens is 4. The van der Waals surface area contributed by atoms with Gasteiger partial charge in [0.1, 0.15) is 10.4 Å². The molecular weight excluding hydrogens is 329 g/mol. The lowest BCUT2D eigenvalue weighted by molar-refractivity contribution is -0.142. The van der Waals surface area contributed by atoms with Crippen LogP contribution in [0, 0.1) is 0 Å². The molecule has 114 valence electrons. The largest absolute Gasteiger partial charge is 0.480 e. The van der Waals surface area contributed by atoms with E-state index in [9.17, 15) is 18.0 Å². The Hall–Kier alpha value is -1.41. The van der Waals surface area contributed by atoms with Crippen molar-refractivity contribution in [2.24, 2.45) is 0 Å². The molecule has 0 aromatic carbocycles. The summed E-state index contributed by atoms with van der Waals surface area (Å²) in [7, 11) is 0. The van der Waals surface area contributed by atoms with Gasteiger partial charge in [0.25, 0.3) is 0 Å². The number of carboxylic acid groups (broad SMARTS) is 1. The van der Waals surface area contributed by atoms with Gasteiger partial charge in [-0.25, -0.2) is 4.98 Å². The first-order valence-electron chi connectivity index (χ1n) is 5.69. The Morgan fingerprint density at radius 3 is 2.57 bits per heavy atom. The molecule has 21 heavy (non-hydrogen) atoms. The molecule has 1 N–H and O–H groups in total. The van der Waals surface area contributed by atoms with Gasteiger partial charge in [-0.05, 0) is 19.9 Å². The number of fused-ring (bicyclic) bond motifs is 1. The van der Waals surface area contributed by atoms with Gasteiger partial charge in [0, 0.05) is 12.4 Å². The van der Waals surface area contributed by atoms with Gasteiger partial charge in [0.15, 0.2) is 5.65 Å². The number of hydrogen-bond acceptors (Lipinski definition) is 3. The van der Waals surface area contributed by atoms with Crippen molar-refractivity contribution in [1.29, 1.82) is 0 Å². The fourth-order valence-corrected chi connectivity index (χ4v) is 3.12. The number of carbonyl (C=O) groups is 1. The highest BCUT2D eigenvalue weighted by atomic mass is 35.5. The Morgan fingerprint density at radius 2 is 2.05 bits per heavy atom. The molecular formula is C12H10ClF3N2O2S. The maximum absolute atomic E-state index is 13.0. The summed E-state index contributed by atoms with van der Waals surface area (Å²) >= 11 is 6.62.